The molecule has 108 valence electrons. The zero-order chi connectivity index (χ0) is 15.2. The third-order valence-electron chi connectivity index (χ3n) is 3.18. The van der Waals surface area contributed by atoms with Gasteiger partial charge >= 0.3 is 0 Å². The smallest absolute Gasteiger partial charge is 0.228 e. The summed E-state index contributed by atoms with van der Waals surface area (Å²) in [5.41, 5.74) is 4.21. The molecule has 0 aromatic heterocycles. The normalized spacial score (nSPS) is 11.2. The summed E-state index contributed by atoms with van der Waals surface area (Å²) in [6.45, 7) is 3.72. The average Bonchev–Trinajstić information content (AvgIpc) is 2.47. The fourth-order valence-electron chi connectivity index (χ4n) is 2.07. The van der Waals surface area contributed by atoms with Gasteiger partial charge in [-0.3, -0.25) is 4.79 Å². The van der Waals surface area contributed by atoms with Crippen LogP contribution < -0.4 is 5.32 Å². The van der Waals surface area contributed by atoms with E-state index in [1.807, 2.05) is 31.2 Å². The zero-order valence-corrected chi connectivity index (χ0v) is 12.1. The number of carbonyl (C=O) groups is 1. The van der Waals surface area contributed by atoms with Crippen molar-refractivity contribution in [2.45, 2.75) is 20.3 Å². The molecule has 0 aliphatic heterocycles. The van der Waals surface area contributed by atoms with Gasteiger partial charge in [0.05, 0.1) is 12.1 Å². The van der Waals surface area contributed by atoms with Crippen LogP contribution in [0.25, 0.3) is 0 Å². The number of benzene rings is 2. The van der Waals surface area contributed by atoms with E-state index in [-0.39, 0.29) is 5.91 Å². The van der Waals surface area contributed by atoms with Crippen LogP contribution in [-0.2, 0) is 11.2 Å². The molecule has 1 amide bonds. The van der Waals surface area contributed by atoms with Gasteiger partial charge in [0.2, 0.25) is 5.91 Å². The van der Waals surface area contributed by atoms with Gasteiger partial charge in [-0.25, -0.2) is 0 Å². The Morgan fingerprint density at radius 2 is 1.90 bits per heavy atom. The molecule has 2 aromatic carbocycles. The first-order valence-corrected chi connectivity index (χ1v) is 6.73. The second-order valence-electron chi connectivity index (χ2n) is 4.98. The minimum Gasteiger partial charge on any atom is -0.411 e. The molecule has 21 heavy (non-hydrogen) atoms. The molecule has 0 saturated heterocycles. The van der Waals surface area contributed by atoms with Gasteiger partial charge in [0, 0.05) is 5.69 Å². The zero-order valence-electron chi connectivity index (χ0n) is 12.1. The number of anilines is 1. The first-order valence-electron chi connectivity index (χ1n) is 6.73. The van der Waals surface area contributed by atoms with E-state index in [0.29, 0.717) is 12.1 Å². The number of amides is 1. The van der Waals surface area contributed by atoms with Crippen molar-refractivity contribution in [2.24, 2.45) is 5.16 Å². The van der Waals surface area contributed by atoms with Gasteiger partial charge < -0.3 is 10.5 Å². The predicted octanol–water partition coefficient (Wildman–Crippen LogP) is 3.37. The van der Waals surface area contributed by atoms with E-state index in [9.17, 15) is 4.79 Å². The van der Waals surface area contributed by atoms with Crippen LogP contribution in [0.1, 0.15) is 23.6 Å². The van der Waals surface area contributed by atoms with Crippen molar-refractivity contribution in [3.8, 4) is 0 Å². The Morgan fingerprint density at radius 3 is 2.52 bits per heavy atom. The van der Waals surface area contributed by atoms with E-state index < -0.39 is 0 Å². The maximum absolute atomic E-state index is 12.0. The van der Waals surface area contributed by atoms with Crippen LogP contribution in [0.15, 0.2) is 53.7 Å². The van der Waals surface area contributed by atoms with Crippen LogP contribution in [-0.4, -0.2) is 16.8 Å². The van der Waals surface area contributed by atoms with E-state index >= 15 is 0 Å². The molecule has 0 heterocycles. The Kier molecular flexibility index (Phi) is 4.72. The monoisotopic (exact) mass is 282 g/mol. The van der Waals surface area contributed by atoms with E-state index in [4.69, 9.17) is 5.21 Å². The lowest BCUT2D eigenvalue weighted by Crippen LogP contribution is -2.14. The number of hydrogen-bond donors (Lipinski definition) is 2. The highest BCUT2D eigenvalue weighted by molar-refractivity contribution is 5.99. The molecule has 4 heteroatoms. The Labute approximate surface area is 124 Å². The topological polar surface area (TPSA) is 61.7 Å². The minimum absolute atomic E-state index is 0.0547. The Hall–Kier alpha value is -2.62. The molecule has 2 rings (SSSR count). The summed E-state index contributed by atoms with van der Waals surface area (Å²) < 4.78 is 0. The molecular formula is C17H18N2O2. The number of nitrogens with one attached hydrogen (secondary N) is 1. The second-order valence-corrected chi connectivity index (χ2v) is 4.98. The molecule has 0 atom stereocenters. The van der Waals surface area contributed by atoms with Crippen LogP contribution >= 0.6 is 0 Å². The van der Waals surface area contributed by atoms with Crippen molar-refractivity contribution in [1.29, 1.82) is 0 Å². The third kappa shape index (κ3) is 4.18. The van der Waals surface area contributed by atoms with Gasteiger partial charge in [-0.05, 0) is 37.1 Å². The summed E-state index contributed by atoms with van der Waals surface area (Å²) in [5, 5.41) is 14.7. The number of nitrogens with zero attached hydrogens (tertiary/aromatic N) is 1. The van der Waals surface area contributed by atoms with E-state index in [1.165, 1.54) is 0 Å². The Balaban J connectivity index is 2.00. The lowest BCUT2D eigenvalue weighted by Gasteiger charge is -2.07. The van der Waals surface area contributed by atoms with Gasteiger partial charge in [-0.1, -0.05) is 47.1 Å². The van der Waals surface area contributed by atoms with Gasteiger partial charge in [-0.15, -0.1) is 0 Å². The van der Waals surface area contributed by atoms with Crippen molar-refractivity contribution in [3.05, 3.63) is 65.2 Å². The van der Waals surface area contributed by atoms with Crippen LogP contribution in [0.2, 0.25) is 0 Å². The largest absolute Gasteiger partial charge is 0.411 e. The summed E-state index contributed by atoms with van der Waals surface area (Å²) in [7, 11) is 0. The number of carbonyl (C=O) groups excluding carboxylic acids is 1. The maximum Gasteiger partial charge on any atom is 0.228 e. The molecule has 0 radical (unpaired) electrons. The molecule has 0 aliphatic rings. The quantitative estimate of drug-likeness (QED) is 0.513. The third-order valence-corrected chi connectivity index (χ3v) is 3.18. The number of oxime groups is 1. The van der Waals surface area contributed by atoms with E-state index in [1.54, 1.807) is 31.2 Å². The molecule has 4 nitrogen and oxygen atoms in total. The van der Waals surface area contributed by atoms with Crippen LogP contribution in [0.5, 0.6) is 0 Å². The molecule has 2 aromatic rings. The SMILES string of the molecule is CC(=NO)c1ccc(NC(=O)Cc2cccc(C)c2)cc1. The van der Waals surface area contributed by atoms with Crippen molar-refractivity contribution in [3.63, 3.8) is 0 Å². The fourth-order valence-corrected chi connectivity index (χ4v) is 2.07. The summed E-state index contributed by atoms with van der Waals surface area (Å²) in [5.74, 6) is -0.0547. The maximum atomic E-state index is 12.0. The van der Waals surface area contributed by atoms with Gasteiger partial charge in [0.25, 0.3) is 0 Å². The van der Waals surface area contributed by atoms with Crippen LogP contribution in [0.3, 0.4) is 0 Å². The summed E-state index contributed by atoms with van der Waals surface area (Å²) in [6.07, 6.45) is 0.348. The van der Waals surface area contributed by atoms with Crippen molar-refractivity contribution < 1.29 is 10.0 Å². The highest BCUT2D eigenvalue weighted by Gasteiger charge is 2.05. The number of hydrogen-bond acceptors (Lipinski definition) is 3. The van der Waals surface area contributed by atoms with Crippen LogP contribution in [0.4, 0.5) is 5.69 Å². The second kappa shape index (κ2) is 6.70. The fraction of sp³-hybridized carbons (Fsp3) is 0.176. The van der Waals surface area contributed by atoms with Gasteiger partial charge in [-0.2, -0.15) is 0 Å². The first kappa shape index (κ1) is 14.8. The van der Waals surface area contributed by atoms with E-state index in [2.05, 4.69) is 10.5 Å². The Morgan fingerprint density at radius 1 is 1.19 bits per heavy atom. The predicted molar refractivity (Wildman–Crippen MR) is 84.0 cm³/mol. The molecular weight excluding hydrogens is 264 g/mol. The molecule has 0 aliphatic carbocycles. The molecule has 0 spiro atoms. The minimum atomic E-state index is -0.0547. The van der Waals surface area contributed by atoms with E-state index in [0.717, 1.165) is 22.4 Å². The molecule has 0 unspecified atom stereocenters. The highest BCUT2D eigenvalue weighted by atomic mass is 16.4. The standard InChI is InChI=1S/C17H18N2O2/c1-12-4-3-5-14(10-12)11-17(20)18-16-8-6-15(7-9-16)13(2)19-21/h3-10,21H,11H2,1-2H3,(H,18,20). The molecule has 2 N–H and O–H groups in total. The average molecular weight is 282 g/mol. The summed E-state index contributed by atoms with van der Waals surface area (Å²) in [6, 6.07) is 15.1. The lowest BCUT2D eigenvalue weighted by atomic mass is 10.1. The van der Waals surface area contributed by atoms with Crippen molar-refractivity contribution in [2.75, 3.05) is 5.32 Å². The highest BCUT2D eigenvalue weighted by Crippen LogP contribution is 2.12. The first-order chi connectivity index (χ1) is 10.1. The van der Waals surface area contributed by atoms with Crippen LogP contribution in [0, 0.1) is 6.92 Å². The Bertz CT molecular complexity index is 661. The van der Waals surface area contributed by atoms with Gasteiger partial charge in [0.1, 0.15) is 0 Å². The van der Waals surface area contributed by atoms with Crippen molar-refractivity contribution in [1.82, 2.24) is 0 Å². The number of aryl methyl sites for hydroxylation is 1. The van der Waals surface area contributed by atoms with Crippen molar-refractivity contribution >= 4 is 17.3 Å². The lowest BCUT2D eigenvalue weighted by molar-refractivity contribution is -0.115. The number of rotatable bonds is 4. The summed E-state index contributed by atoms with van der Waals surface area (Å²) in [4.78, 5) is 12.0. The molecule has 0 saturated carbocycles. The summed E-state index contributed by atoms with van der Waals surface area (Å²) >= 11 is 0. The van der Waals surface area contributed by atoms with Gasteiger partial charge in [0.15, 0.2) is 0 Å². The molecule has 0 fully saturated rings. The molecule has 0 bridgehead atoms.